The van der Waals surface area contributed by atoms with Crippen LogP contribution in [0.15, 0.2) is 29.3 Å². The summed E-state index contributed by atoms with van der Waals surface area (Å²) in [5.74, 6) is 1.93. The van der Waals surface area contributed by atoms with Crippen LogP contribution in [0.25, 0.3) is 0 Å². The summed E-state index contributed by atoms with van der Waals surface area (Å²) in [5.41, 5.74) is 2.44. The summed E-state index contributed by atoms with van der Waals surface area (Å²) < 4.78 is 5.14. The van der Waals surface area contributed by atoms with E-state index in [1.807, 2.05) is 24.3 Å². The highest BCUT2D eigenvalue weighted by Gasteiger charge is 2.19. The molecule has 1 aliphatic carbocycles. The van der Waals surface area contributed by atoms with Crippen LogP contribution in [0.2, 0.25) is 0 Å². The Bertz CT molecular complexity index is 734. The minimum Gasteiger partial charge on any atom is -0.497 e. The first-order valence-corrected chi connectivity index (χ1v) is 8.45. The monoisotopic (exact) mass is 322 g/mol. The molecule has 1 aromatic carbocycles. The second kappa shape index (κ2) is 7.78. The lowest BCUT2D eigenvalue weighted by Gasteiger charge is -2.20. The Morgan fingerprint density at radius 1 is 1.29 bits per heavy atom. The number of aromatic nitrogens is 2. The third kappa shape index (κ3) is 3.83. The van der Waals surface area contributed by atoms with Gasteiger partial charge in [0, 0.05) is 6.21 Å². The van der Waals surface area contributed by atoms with Crippen molar-refractivity contribution in [2.75, 3.05) is 7.11 Å². The zero-order chi connectivity index (χ0) is 16.8. The summed E-state index contributed by atoms with van der Waals surface area (Å²) in [6, 6.07) is 9.86. The van der Waals surface area contributed by atoms with E-state index in [-0.39, 0.29) is 0 Å². The molecular weight excluding hydrogens is 300 g/mol. The third-order valence-corrected chi connectivity index (χ3v) is 4.60. The van der Waals surface area contributed by atoms with Gasteiger partial charge in [-0.1, -0.05) is 32.1 Å². The van der Waals surface area contributed by atoms with Crippen LogP contribution in [0.5, 0.6) is 5.75 Å². The number of methoxy groups -OCH3 is 1. The molecule has 5 nitrogen and oxygen atoms in total. The third-order valence-electron chi connectivity index (χ3n) is 4.60. The van der Waals surface area contributed by atoms with Gasteiger partial charge in [-0.15, -0.1) is 0 Å². The molecule has 1 fully saturated rings. The Balaban J connectivity index is 1.73. The van der Waals surface area contributed by atoms with Gasteiger partial charge in [0.2, 0.25) is 0 Å². The SMILES string of the molecule is COc1ccc(C=Nc2n[nH]c(CC3CCCCC3)c2C#N)cc1. The van der Waals surface area contributed by atoms with Gasteiger partial charge in [-0.2, -0.15) is 10.4 Å². The fourth-order valence-corrected chi connectivity index (χ4v) is 3.23. The van der Waals surface area contributed by atoms with Gasteiger partial charge in [-0.05, 0) is 42.2 Å². The molecule has 0 amide bonds. The van der Waals surface area contributed by atoms with E-state index in [0.717, 1.165) is 23.4 Å². The summed E-state index contributed by atoms with van der Waals surface area (Å²) >= 11 is 0. The summed E-state index contributed by atoms with van der Waals surface area (Å²) in [5, 5.41) is 16.7. The van der Waals surface area contributed by atoms with Gasteiger partial charge in [-0.3, -0.25) is 5.10 Å². The lowest BCUT2D eigenvalue weighted by Crippen LogP contribution is -2.10. The van der Waals surface area contributed by atoms with E-state index in [2.05, 4.69) is 21.3 Å². The van der Waals surface area contributed by atoms with Crippen LogP contribution >= 0.6 is 0 Å². The van der Waals surface area contributed by atoms with Crippen molar-refractivity contribution in [2.24, 2.45) is 10.9 Å². The number of ether oxygens (including phenoxy) is 1. The zero-order valence-corrected chi connectivity index (χ0v) is 14.0. The summed E-state index contributed by atoms with van der Waals surface area (Å²) in [6.45, 7) is 0. The number of hydrogen-bond acceptors (Lipinski definition) is 4. The van der Waals surface area contributed by atoms with Crippen molar-refractivity contribution in [1.82, 2.24) is 10.2 Å². The van der Waals surface area contributed by atoms with Crippen LogP contribution in [-0.4, -0.2) is 23.5 Å². The first-order valence-electron chi connectivity index (χ1n) is 8.45. The molecular formula is C19H22N4O. The van der Waals surface area contributed by atoms with E-state index in [9.17, 15) is 5.26 Å². The summed E-state index contributed by atoms with van der Waals surface area (Å²) in [7, 11) is 1.64. The molecule has 5 heteroatoms. The normalized spacial score (nSPS) is 15.5. The minimum absolute atomic E-state index is 0.471. The van der Waals surface area contributed by atoms with Crippen LogP contribution in [0.1, 0.15) is 48.9 Å². The first-order chi connectivity index (χ1) is 11.8. The van der Waals surface area contributed by atoms with Crippen LogP contribution in [0.4, 0.5) is 5.82 Å². The molecule has 3 rings (SSSR count). The minimum atomic E-state index is 0.471. The van der Waals surface area contributed by atoms with Crippen molar-refractivity contribution in [3.63, 3.8) is 0 Å². The van der Waals surface area contributed by atoms with Crippen molar-refractivity contribution in [1.29, 1.82) is 5.26 Å². The van der Waals surface area contributed by atoms with Gasteiger partial charge >= 0.3 is 0 Å². The molecule has 24 heavy (non-hydrogen) atoms. The van der Waals surface area contributed by atoms with Gasteiger partial charge in [0.25, 0.3) is 0 Å². The predicted octanol–water partition coefficient (Wildman–Crippen LogP) is 4.16. The Morgan fingerprint density at radius 3 is 2.71 bits per heavy atom. The average Bonchev–Trinajstić information content (AvgIpc) is 3.02. The number of H-pyrrole nitrogens is 1. The Kier molecular flexibility index (Phi) is 5.27. The van der Waals surface area contributed by atoms with Crippen molar-refractivity contribution < 1.29 is 4.74 Å². The van der Waals surface area contributed by atoms with E-state index < -0.39 is 0 Å². The number of nitriles is 1. The van der Waals surface area contributed by atoms with Gasteiger partial charge in [0.05, 0.1) is 12.8 Å². The van der Waals surface area contributed by atoms with Gasteiger partial charge in [0.15, 0.2) is 5.82 Å². The van der Waals surface area contributed by atoms with Crippen LogP contribution < -0.4 is 4.74 Å². The highest BCUT2D eigenvalue weighted by Crippen LogP contribution is 2.29. The number of aliphatic imine (C=N–C) groups is 1. The standard InChI is InChI=1S/C19H22N4O/c1-24-16-9-7-15(8-10-16)13-21-19-17(12-20)18(22-23-19)11-14-5-3-2-4-6-14/h7-10,13-14H,2-6,11H2,1H3,(H,22,23). The Hall–Kier alpha value is -2.61. The number of benzene rings is 1. The lowest BCUT2D eigenvalue weighted by molar-refractivity contribution is 0.354. The highest BCUT2D eigenvalue weighted by atomic mass is 16.5. The van der Waals surface area contributed by atoms with Crippen molar-refractivity contribution in [3.8, 4) is 11.8 Å². The molecule has 0 spiro atoms. The van der Waals surface area contributed by atoms with Gasteiger partial charge in [0.1, 0.15) is 17.4 Å². The second-order valence-electron chi connectivity index (χ2n) is 6.25. The first kappa shape index (κ1) is 16.3. The largest absolute Gasteiger partial charge is 0.497 e. The molecule has 0 atom stereocenters. The second-order valence-corrected chi connectivity index (χ2v) is 6.25. The van der Waals surface area contributed by atoms with Crippen molar-refractivity contribution in [2.45, 2.75) is 38.5 Å². The molecule has 124 valence electrons. The van der Waals surface area contributed by atoms with Gasteiger partial charge in [-0.25, -0.2) is 4.99 Å². The number of hydrogen-bond donors (Lipinski definition) is 1. The maximum atomic E-state index is 9.48. The van der Waals surface area contributed by atoms with Crippen molar-refractivity contribution in [3.05, 3.63) is 41.1 Å². The van der Waals surface area contributed by atoms with Crippen LogP contribution in [-0.2, 0) is 6.42 Å². The molecule has 0 bridgehead atoms. The molecule has 0 aliphatic heterocycles. The summed E-state index contributed by atoms with van der Waals surface area (Å²) in [6.07, 6.45) is 9.03. The van der Waals surface area contributed by atoms with E-state index >= 15 is 0 Å². The fraction of sp³-hybridized carbons (Fsp3) is 0.421. The zero-order valence-electron chi connectivity index (χ0n) is 14.0. The average molecular weight is 322 g/mol. The predicted molar refractivity (Wildman–Crippen MR) is 93.8 cm³/mol. The molecule has 1 aromatic heterocycles. The van der Waals surface area contributed by atoms with Crippen molar-refractivity contribution >= 4 is 12.0 Å². The Labute approximate surface area is 142 Å². The van der Waals surface area contributed by atoms with E-state index in [4.69, 9.17) is 4.74 Å². The molecule has 1 saturated carbocycles. The molecule has 1 N–H and O–H groups in total. The lowest BCUT2D eigenvalue weighted by atomic mass is 9.85. The number of rotatable bonds is 5. The molecule has 1 aliphatic rings. The molecule has 1 heterocycles. The maximum absolute atomic E-state index is 9.48. The van der Waals surface area contributed by atoms with Crippen LogP contribution in [0.3, 0.4) is 0 Å². The molecule has 0 saturated heterocycles. The smallest absolute Gasteiger partial charge is 0.191 e. The van der Waals surface area contributed by atoms with Crippen LogP contribution in [0, 0.1) is 17.2 Å². The number of nitrogens with one attached hydrogen (secondary N) is 1. The Morgan fingerprint density at radius 2 is 2.04 bits per heavy atom. The quantitative estimate of drug-likeness (QED) is 0.840. The maximum Gasteiger partial charge on any atom is 0.191 e. The van der Waals surface area contributed by atoms with E-state index in [0.29, 0.717) is 17.3 Å². The summed E-state index contributed by atoms with van der Waals surface area (Å²) in [4.78, 5) is 4.39. The van der Waals surface area contributed by atoms with E-state index in [1.165, 1.54) is 32.1 Å². The number of nitrogens with zero attached hydrogens (tertiary/aromatic N) is 3. The fourth-order valence-electron chi connectivity index (χ4n) is 3.23. The number of aromatic amines is 1. The van der Waals surface area contributed by atoms with Gasteiger partial charge < -0.3 is 4.74 Å². The topological polar surface area (TPSA) is 74.1 Å². The molecule has 0 unspecified atom stereocenters. The molecule has 2 aromatic rings. The van der Waals surface area contributed by atoms with E-state index in [1.54, 1.807) is 13.3 Å². The molecule has 0 radical (unpaired) electrons. The highest BCUT2D eigenvalue weighted by molar-refractivity contribution is 5.82.